The van der Waals surface area contributed by atoms with Crippen LogP contribution in [-0.4, -0.2) is 51.4 Å². The van der Waals surface area contributed by atoms with Crippen LogP contribution in [0.25, 0.3) is 10.9 Å². The molecule has 2 N–H and O–H groups in total. The van der Waals surface area contributed by atoms with Gasteiger partial charge < -0.3 is 24.8 Å². The van der Waals surface area contributed by atoms with Gasteiger partial charge in [0.2, 0.25) is 5.91 Å². The van der Waals surface area contributed by atoms with Crippen molar-refractivity contribution in [2.75, 3.05) is 19.4 Å². The Morgan fingerprint density at radius 3 is 2.61 bits per heavy atom. The van der Waals surface area contributed by atoms with Crippen molar-refractivity contribution in [1.82, 2.24) is 14.4 Å². The molecular weight excluding hydrogens is 452 g/mol. The first-order valence-corrected chi connectivity index (χ1v) is 12.0. The quantitative estimate of drug-likeness (QED) is 0.441. The Bertz CT molecular complexity index is 1440. The minimum absolute atomic E-state index is 0.0256. The number of carbonyl (C=O) groups is 2. The lowest BCUT2D eigenvalue weighted by Gasteiger charge is -2.20. The van der Waals surface area contributed by atoms with E-state index in [0.717, 1.165) is 33.4 Å². The molecule has 36 heavy (non-hydrogen) atoms. The van der Waals surface area contributed by atoms with Crippen molar-refractivity contribution >= 4 is 28.4 Å². The molecule has 1 atom stereocenters. The van der Waals surface area contributed by atoms with E-state index in [0.29, 0.717) is 25.2 Å². The van der Waals surface area contributed by atoms with Gasteiger partial charge in [-0.25, -0.2) is 0 Å². The fraction of sp³-hybridized carbons (Fsp3) is 0.241. The van der Waals surface area contributed by atoms with E-state index >= 15 is 0 Å². The molecular formula is C29H30N4O3. The minimum atomic E-state index is -0.309. The van der Waals surface area contributed by atoms with Crippen molar-refractivity contribution in [1.29, 1.82) is 0 Å². The highest BCUT2D eigenvalue weighted by molar-refractivity contribution is 5.95. The van der Waals surface area contributed by atoms with Crippen molar-refractivity contribution in [2.24, 2.45) is 0 Å². The lowest BCUT2D eigenvalue weighted by atomic mass is 10.1. The number of aromatic hydroxyl groups is 1. The Morgan fingerprint density at radius 1 is 1.08 bits per heavy atom. The van der Waals surface area contributed by atoms with Crippen molar-refractivity contribution in [3.8, 4) is 5.75 Å². The number of benzene rings is 3. The summed E-state index contributed by atoms with van der Waals surface area (Å²) in [5.74, 6) is 0.186. The van der Waals surface area contributed by atoms with Crippen LogP contribution in [0.2, 0.25) is 0 Å². The first-order chi connectivity index (χ1) is 17.3. The Labute approximate surface area is 210 Å². The molecule has 7 nitrogen and oxygen atoms in total. The first-order valence-electron chi connectivity index (χ1n) is 12.0. The molecule has 3 aromatic carbocycles. The van der Waals surface area contributed by atoms with Crippen LogP contribution in [0.5, 0.6) is 5.75 Å². The number of nitrogens with zero attached hydrogens (tertiary/aromatic N) is 3. The number of hydrogen-bond acceptors (Lipinski definition) is 4. The Kier molecular flexibility index (Phi) is 6.14. The number of hydrogen-bond donors (Lipinski definition) is 2. The Morgan fingerprint density at radius 2 is 1.83 bits per heavy atom. The van der Waals surface area contributed by atoms with E-state index < -0.39 is 0 Å². The number of fused-ring (bicyclic) bond motifs is 2. The molecule has 0 saturated heterocycles. The number of rotatable bonds is 5. The average Bonchev–Trinajstić information content (AvgIpc) is 3.16. The van der Waals surface area contributed by atoms with Crippen LogP contribution in [0, 0.1) is 0 Å². The molecule has 0 unspecified atom stereocenters. The minimum Gasteiger partial charge on any atom is -0.508 e. The molecule has 1 aromatic heterocycles. The maximum atomic E-state index is 13.4. The van der Waals surface area contributed by atoms with Crippen LogP contribution in [-0.2, 0) is 24.4 Å². The van der Waals surface area contributed by atoms with E-state index in [1.165, 1.54) is 0 Å². The maximum absolute atomic E-state index is 13.4. The molecule has 2 heterocycles. The number of phenols is 1. The van der Waals surface area contributed by atoms with Gasteiger partial charge in [0.05, 0.1) is 6.54 Å². The molecule has 0 radical (unpaired) electrons. The first kappa shape index (κ1) is 23.5. The van der Waals surface area contributed by atoms with Gasteiger partial charge in [-0.3, -0.25) is 9.59 Å². The van der Waals surface area contributed by atoms with Crippen LogP contribution in [0.4, 0.5) is 5.69 Å². The van der Waals surface area contributed by atoms with Gasteiger partial charge >= 0.3 is 0 Å². The fourth-order valence-corrected chi connectivity index (χ4v) is 4.86. The summed E-state index contributed by atoms with van der Waals surface area (Å²) in [6, 6.07) is 22.8. The van der Waals surface area contributed by atoms with E-state index in [-0.39, 0.29) is 23.6 Å². The summed E-state index contributed by atoms with van der Waals surface area (Å²) in [6.07, 6.45) is 0. The van der Waals surface area contributed by atoms with Gasteiger partial charge in [-0.2, -0.15) is 0 Å². The van der Waals surface area contributed by atoms with Crippen molar-refractivity contribution in [3.63, 3.8) is 0 Å². The molecule has 4 aromatic rings. The van der Waals surface area contributed by atoms with E-state index in [1.54, 1.807) is 29.0 Å². The van der Waals surface area contributed by atoms with Crippen LogP contribution in [0.1, 0.15) is 34.1 Å². The largest absolute Gasteiger partial charge is 0.508 e. The zero-order valence-electron chi connectivity index (χ0n) is 20.7. The average molecular weight is 483 g/mol. The predicted octanol–water partition coefficient (Wildman–Crippen LogP) is 4.44. The van der Waals surface area contributed by atoms with E-state index in [2.05, 4.69) is 28.1 Å². The standard InChI is InChI=1S/C29H30N4O3/c1-19-28(35)31(2)17-23-14-22(10-13-26(23)30-19)29(36)32(3)18-24-15-21-6-4-5-7-27(21)33(24)16-20-8-11-25(34)12-9-20/h4-15,19,30,34H,16-18H2,1-3H3/t19-/m1/s1. The Balaban J connectivity index is 1.41. The number of likely N-dealkylation sites (N-methyl/N-ethyl adjacent to an activating group) is 1. The highest BCUT2D eigenvalue weighted by Crippen LogP contribution is 2.26. The number of anilines is 1. The second-order valence-electron chi connectivity index (χ2n) is 9.54. The molecule has 5 rings (SSSR count). The summed E-state index contributed by atoms with van der Waals surface area (Å²) < 4.78 is 2.22. The predicted molar refractivity (Wildman–Crippen MR) is 141 cm³/mol. The van der Waals surface area contributed by atoms with E-state index in [9.17, 15) is 14.7 Å². The third-order valence-electron chi connectivity index (χ3n) is 6.80. The second kappa shape index (κ2) is 9.41. The Hall–Kier alpha value is -4.26. The van der Waals surface area contributed by atoms with Crippen molar-refractivity contribution in [3.05, 3.63) is 95.2 Å². The molecule has 1 aliphatic rings. The molecule has 0 aliphatic carbocycles. The summed E-state index contributed by atoms with van der Waals surface area (Å²) in [5.41, 5.74) is 5.59. The molecule has 7 heteroatoms. The third kappa shape index (κ3) is 4.52. The van der Waals surface area contributed by atoms with Gasteiger partial charge in [-0.1, -0.05) is 30.3 Å². The fourth-order valence-electron chi connectivity index (χ4n) is 4.86. The van der Waals surface area contributed by atoms with Crippen LogP contribution >= 0.6 is 0 Å². The van der Waals surface area contributed by atoms with E-state index in [1.807, 2.05) is 56.4 Å². The van der Waals surface area contributed by atoms with Crippen molar-refractivity contribution < 1.29 is 14.7 Å². The zero-order valence-corrected chi connectivity index (χ0v) is 20.7. The SMILES string of the molecule is C[C@H]1Nc2ccc(C(=O)N(C)Cc3cc4ccccc4n3Cc3ccc(O)cc3)cc2CN(C)C1=O. The summed E-state index contributed by atoms with van der Waals surface area (Å²) in [7, 11) is 3.59. The molecule has 1 aliphatic heterocycles. The van der Waals surface area contributed by atoms with Crippen LogP contribution < -0.4 is 5.32 Å². The van der Waals surface area contributed by atoms with Crippen molar-refractivity contribution in [2.45, 2.75) is 32.6 Å². The van der Waals surface area contributed by atoms with Crippen LogP contribution in [0.15, 0.2) is 72.8 Å². The molecule has 0 saturated carbocycles. The van der Waals surface area contributed by atoms with Gasteiger partial charge in [-0.05, 0) is 65.9 Å². The smallest absolute Gasteiger partial charge is 0.253 e. The molecule has 0 spiro atoms. The lowest BCUT2D eigenvalue weighted by molar-refractivity contribution is -0.130. The maximum Gasteiger partial charge on any atom is 0.253 e. The zero-order chi connectivity index (χ0) is 25.4. The van der Waals surface area contributed by atoms with Gasteiger partial charge in [0.25, 0.3) is 5.91 Å². The second-order valence-corrected chi connectivity index (χ2v) is 9.54. The summed E-state index contributed by atoms with van der Waals surface area (Å²) in [4.78, 5) is 29.2. The van der Waals surface area contributed by atoms with Gasteiger partial charge in [0.1, 0.15) is 11.8 Å². The highest BCUT2D eigenvalue weighted by atomic mass is 16.3. The third-order valence-corrected chi connectivity index (χ3v) is 6.80. The number of para-hydroxylation sites is 1. The number of carbonyl (C=O) groups excluding carboxylic acids is 2. The monoisotopic (exact) mass is 482 g/mol. The van der Waals surface area contributed by atoms with E-state index in [4.69, 9.17) is 0 Å². The van der Waals surface area contributed by atoms with Crippen LogP contribution in [0.3, 0.4) is 0 Å². The van der Waals surface area contributed by atoms with Gasteiger partial charge in [0.15, 0.2) is 0 Å². The summed E-state index contributed by atoms with van der Waals surface area (Å²) >= 11 is 0. The molecule has 0 fully saturated rings. The van der Waals surface area contributed by atoms with Gasteiger partial charge in [0, 0.05) is 49.6 Å². The van der Waals surface area contributed by atoms with Gasteiger partial charge in [-0.15, -0.1) is 0 Å². The highest BCUT2D eigenvalue weighted by Gasteiger charge is 2.25. The normalized spacial score (nSPS) is 15.4. The molecule has 0 bridgehead atoms. The molecule has 2 amide bonds. The number of nitrogens with one attached hydrogen (secondary N) is 1. The molecule has 184 valence electrons. The summed E-state index contributed by atoms with van der Waals surface area (Å²) in [5, 5.41) is 14.0. The number of phenolic OH excluding ortho intramolecular Hbond substituents is 1. The number of aromatic nitrogens is 1. The number of amides is 2. The summed E-state index contributed by atoms with van der Waals surface area (Å²) in [6.45, 7) is 3.37. The topological polar surface area (TPSA) is 77.8 Å². The lowest BCUT2D eigenvalue weighted by Crippen LogP contribution is -2.35.